The fraction of sp³-hybridized carbons (Fsp3) is 0.571. The minimum absolute atomic E-state index is 0.0698. The number of benzene rings is 1. The number of halogens is 2. The average Bonchev–Trinajstić information content (AvgIpc) is 2.40. The molecule has 0 aromatic heterocycles. The van der Waals surface area contributed by atoms with E-state index in [-0.39, 0.29) is 11.2 Å². The predicted octanol–water partition coefficient (Wildman–Crippen LogP) is 4.97. The summed E-state index contributed by atoms with van der Waals surface area (Å²) in [4.78, 5) is 0. The van der Waals surface area contributed by atoms with Crippen molar-refractivity contribution >= 4 is 37.5 Å². The Balaban J connectivity index is 2.21. The predicted molar refractivity (Wildman–Crippen MR) is 83.1 cm³/mol. The summed E-state index contributed by atoms with van der Waals surface area (Å²) in [6, 6.07) is 6.46. The molecule has 100 valence electrons. The molecule has 2 nitrogen and oxygen atoms in total. The van der Waals surface area contributed by atoms with Crippen LogP contribution in [-0.2, 0) is 4.74 Å². The molecule has 18 heavy (non-hydrogen) atoms. The smallest absolute Gasteiger partial charge is 0.0834 e. The van der Waals surface area contributed by atoms with Crippen LogP contribution in [0, 0.1) is 0 Å². The van der Waals surface area contributed by atoms with Crippen LogP contribution < -0.4 is 5.32 Å². The maximum atomic E-state index is 6.10. The Morgan fingerprint density at radius 1 is 1.22 bits per heavy atom. The summed E-state index contributed by atoms with van der Waals surface area (Å²) in [7, 11) is 0. The molecular weight excluding hydrogens is 358 g/mol. The zero-order chi connectivity index (χ0) is 13.6. The summed E-state index contributed by atoms with van der Waals surface area (Å²) in [5.41, 5.74) is 0.869. The van der Waals surface area contributed by atoms with Gasteiger partial charge in [-0.2, -0.15) is 0 Å². The molecule has 1 atom stereocenters. The van der Waals surface area contributed by atoms with Crippen LogP contribution in [0.4, 0.5) is 5.69 Å². The molecule has 0 bridgehead atoms. The Hall–Kier alpha value is -0.0600. The van der Waals surface area contributed by atoms with E-state index in [2.05, 4.69) is 70.9 Å². The Labute approximate surface area is 126 Å². The zero-order valence-corrected chi connectivity index (χ0v) is 14.4. The second kappa shape index (κ2) is 4.80. The lowest BCUT2D eigenvalue weighted by atomic mass is 9.94. The van der Waals surface area contributed by atoms with Crippen LogP contribution >= 0.6 is 31.9 Å². The van der Waals surface area contributed by atoms with E-state index >= 15 is 0 Å². The van der Waals surface area contributed by atoms with Gasteiger partial charge < -0.3 is 10.1 Å². The van der Waals surface area contributed by atoms with Crippen LogP contribution in [0.25, 0.3) is 0 Å². The number of anilines is 1. The minimum atomic E-state index is -0.161. The van der Waals surface area contributed by atoms with E-state index < -0.39 is 0 Å². The van der Waals surface area contributed by atoms with Gasteiger partial charge in [-0.3, -0.25) is 0 Å². The van der Waals surface area contributed by atoms with Gasteiger partial charge in [-0.1, -0.05) is 15.9 Å². The number of ether oxygens (including phenoxy) is 1. The van der Waals surface area contributed by atoms with Gasteiger partial charge in [0.25, 0.3) is 0 Å². The summed E-state index contributed by atoms with van der Waals surface area (Å²) in [5, 5.41) is 3.59. The highest BCUT2D eigenvalue weighted by atomic mass is 79.9. The first-order chi connectivity index (χ1) is 8.20. The van der Waals surface area contributed by atoms with Crippen LogP contribution in [0.3, 0.4) is 0 Å². The van der Waals surface area contributed by atoms with Gasteiger partial charge in [0.1, 0.15) is 0 Å². The molecule has 1 aliphatic rings. The summed E-state index contributed by atoms with van der Waals surface area (Å²) < 4.78 is 8.25. The number of nitrogens with one attached hydrogen (secondary N) is 1. The van der Waals surface area contributed by atoms with Gasteiger partial charge in [0.05, 0.1) is 17.2 Å². The van der Waals surface area contributed by atoms with E-state index in [9.17, 15) is 0 Å². The molecule has 0 saturated carbocycles. The molecule has 0 radical (unpaired) electrons. The zero-order valence-electron chi connectivity index (χ0n) is 11.2. The lowest BCUT2D eigenvalue weighted by Gasteiger charge is -2.28. The largest absolute Gasteiger partial charge is 0.378 e. The molecule has 1 aliphatic heterocycles. The third-order valence-electron chi connectivity index (χ3n) is 3.33. The van der Waals surface area contributed by atoms with Crippen molar-refractivity contribution in [3.05, 3.63) is 27.1 Å². The quantitative estimate of drug-likeness (QED) is 0.786. The van der Waals surface area contributed by atoms with Crippen molar-refractivity contribution < 1.29 is 4.74 Å². The number of hydrogen-bond acceptors (Lipinski definition) is 2. The first kappa shape index (κ1) is 14.4. The molecule has 1 heterocycles. The van der Waals surface area contributed by atoms with Crippen molar-refractivity contribution in [2.45, 2.75) is 51.4 Å². The summed E-state index contributed by atoms with van der Waals surface area (Å²) >= 11 is 7.08. The summed E-state index contributed by atoms with van der Waals surface area (Å²) in [6.45, 7) is 8.58. The maximum absolute atomic E-state index is 6.10. The molecule has 0 aliphatic carbocycles. The summed E-state index contributed by atoms with van der Waals surface area (Å²) in [6.07, 6.45) is 0.999. The first-order valence-corrected chi connectivity index (χ1v) is 7.70. The van der Waals surface area contributed by atoms with Crippen molar-refractivity contribution in [3.63, 3.8) is 0 Å². The standard InChI is InChI=1S/C14H19Br2NO/c1-13(2)8-12(14(3,4)18-13)17-11-7-9(15)5-6-10(11)16/h5-7,12,17H,8H2,1-4H3. The molecule has 1 unspecified atom stereocenters. The van der Waals surface area contributed by atoms with Crippen molar-refractivity contribution in [2.75, 3.05) is 5.32 Å². The normalized spacial score (nSPS) is 25.1. The van der Waals surface area contributed by atoms with Crippen LogP contribution in [0.15, 0.2) is 27.1 Å². The SMILES string of the molecule is CC1(C)CC(Nc2cc(Br)ccc2Br)C(C)(C)O1. The minimum Gasteiger partial charge on any atom is -0.378 e. The molecule has 1 saturated heterocycles. The first-order valence-electron chi connectivity index (χ1n) is 6.11. The average molecular weight is 377 g/mol. The number of hydrogen-bond donors (Lipinski definition) is 1. The highest BCUT2D eigenvalue weighted by Crippen LogP contribution is 2.40. The van der Waals surface area contributed by atoms with Crippen molar-refractivity contribution in [2.24, 2.45) is 0 Å². The van der Waals surface area contributed by atoms with E-state index in [1.165, 1.54) is 0 Å². The number of rotatable bonds is 2. The molecular formula is C14H19Br2NO. The molecule has 0 spiro atoms. The molecule has 1 fully saturated rings. The Morgan fingerprint density at radius 3 is 2.44 bits per heavy atom. The molecule has 4 heteroatoms. The molecule has 1 N–H and O–H groups in total. The van der Waals surface area contributed by atoms with Gasteiger partial charge in [-0.25, -0.2) is 0 Å². The second-order valence-corrected chi connectivity index (χ2v) is 7.76. The van der Waals surface area contributed by atoms with Crippen molar-refractivity contribution in [1.29, 1.82) is 0 Å². The third kappa shape index (κ3) is 3.09. The van der Waals surface area contributed by atoms with E-state index in [1.54, 1.807) is 0 Å². The van der Waals surface area contributed by atoms with Gasteiger partial charge in [0.15, 0.2) is 0 Å². The lowest BCUT2D eigenvalue weighted by Crippen LogP contribution is -2.38. The molecule has 2 rings (SSSR count). The van der Waals surface area contributed by atoms with Gasteiger partial charge in [-0.15, -0.1) is 0 Å². The van der Waals surface area contributed by atoms with E-state index in [0.717, 1.165) is 21.1 Å². The summed E-state index contributed by atoms with van der Waals surface area (Å²) in [5.74, 6) is 0. The fourth-order valence-electron chi connectivity index (χ4n) is 2.58. The highest BCUT2D eigenvalue weighted by molar-refractivity contribution is 9.11. The van der Waals surface area contributed by atoms with Crippen LogP contribution in [0.1, 0.15) is 34.1 Å². The van der Waals surface area contributed by atoms with Crippen molar-refractivity contribution in [1.82, 2.24) is 0 Å². The Morgan fingerprint density at radius 2 is 1.89 bits per heavy atom. The third-order valence-corrected chi connectivity index (χ3v) is 4.52. The van der Waals surface area contributed by atoms with Crippen LogP contribution in [-0.4, -0.2) is 17.2 Å². The Kier molecular flexibility index (Phi) is 3.83. The van der Waals surface area contributed by atoms with E-state index in [1.807, 2.05) is 12.1 Å². The van der Waals surface area contributed by atoms with Gasteiger partial charge in [0.2, 0.25) is 0 Å². The van der Waals surface area contributed by atoms with E-state index in [0.29, 0.717) is 6.04 Å². The second-order valence-electron chi connectivity index (χ2n) is 5.99. The van der Waals surface area contributed by atoms with Gasteiger partial charge in [-0.05, 0) is 68.2 Å². The molecule has 1 aromatic rings. The van der Waals surface area contributed by atoms with Gasteiger partial charge in [0, 0.05) is 14.6 Å². The highest BCUT2D eigenvalue weighted by Gasteiger charge is 2.45. The topological polar surface area (TPSA) is 21.3 Å². The maximum Gasteiger partial charge on any atom is 0.0834 e. The Bertz CT molecular complexity index is 457. The molecule has 0 amide bonds. The lowest BCUT2D eigenvalue weighted by molar-refractivity contribution is -0.0662. The van der Waals surface area contributed by atoms with Crippen LogP contribution in [0.5, 0.6) is 0 Å². The van der Waals surface area contributed by atoms with Gasteiger partial charge >= 0.3 is 0 Å². The molecule has 1 aromatic carbocycles. The monoisotopic (exact) mass is 375 g/mol. The van der Waals surface area contributed by atoms with Crippen molar-refractivity contribution in [3.8, 4) is 0 Å². The van der Waals surface area contributed by atoms with E-state index in [4.69, 9.17) is 4.74 Å². The van der Waals surface area contributed by atoms with Crippen LogP contribution in [0.2, 0.25) is 0 Å². The fourth-order valence-corrected chi connectivity index (χ4v) is 3.31.